The standard InChI is InChI=1S/C7H7NO3/c1-4(9)6-7(11)5(10)2-3-8-6/h2-3,7,11H,1H3. The minimum Gasteiger partial charge on any atom is -0.378 e. The van der Waals surface area contributed by atoms with Crippen LogP contribution >= 0.6 is 0 Å². The van der Waals surface area contributed by atoms with E-state index < -0.39 is 11.9 Å². The predicted molar refractivity (Wildman–Crippen MR) is 38.3 cm³/mol. The molecule has 1 heterocycles. The van der Waals surface area contributed by atoms with Crippen LogP contribution in [0.2, 0.25) is 0 Å². The lowest BCUT2D eigenvalue weighted by Crippen LogP contribution is -2.34. The van der Waals surface area contributed by atoms with Gasteiger partial charge in [-0.25, -0.2) is 0 Å². The summed E-state index contributed by atoms with van der Waals surface area (Å²) in [6, 6.07) is 0. The predicted octanol–water partition coefficient (Wildman–Crippen LogP) is -0.526. The van der Waals surface area contributed by atoms with E-state index in [-0.39, 0.29) is 11.5 Å². The molecule has 1 aliphatic rings. The SMILES string of the molecule is CC(=O)C1=NC=CC(=O)C1O. The number of ketones is 2. The molecule has 1 atom stereocenters. The van der Waals surface area contributed by atoms with Gasteiger partial charge in [0, 0.05) is 19.2 Å². The maximum atomic E-state index is 10.7. The van der Waals surface area contributed by atoms with Gasteiger partial charge in [0.05, 0.1) is 0 Å². The number of Topliss-reactive ketones (excluding diaryl/α,β-unsaturated/α-hetero) is 1. The van der Waals surface area contributed by atoms with Crippen LogP contribution in [-0.2, 0) is 9.59 Å². The largest absolute Gasteiger partial charge is 0.378 e. The lowest BCUT2D eigenvalue weighted by atomic mass is 10.1. The van der Waals surface area contributed by atoms with E-state index in [1.165, 1.54) is 13.1 Å². The zero-order valence-electron chi connectivity index (χ0n) is 5.94. The fourth-order valence-corrected chi connectivity index (χ4v) is 0.771. The van der Waals surface area contributed by atoms with Crippen molar-refractivity contribution >= 4 is 17.3 Å². The number of aliphatic hydroxyl groups excluding tert-OH is 1. The van der Waals surface area contributed by atoms with Crippen molar-refractivity contribution in [2.45, 2.75) is 13.0 Å². The molecule has 1 unspecified atom stereocenters. The molecule has 1 rings (SSSR count). The third kappa shape index (κ3) is 1.40. The van der Waals surface area contributed by atoms with Gasteiger partial charge >= 0.3 is 0 Å². The highest BCUT2D eigenvalue weighted by Gasteiger charge is 2.24. The van der Waals surface area contributed by atoms with Crippen molar-refractivity contribution in [1.82, 2.24) is 0 Å². The van der Waals surface area contributed by atoms with Gasteiger partial charge in [-0.15, -0.1) is 0 Å². The molecule has 1 aliphatic heterocycles. The lowest BCUT2D eigenvalue weighted by molar-refractivity contribution is -0.121. The van der Waals surface area contributed by atoms with Gasteiger partial charge in [0.25, 0.3) is 0 Å². The zero-order chi connectivity index (χ0) is 8.43. The number of aliphatic imine (C=N–C) groups is 1. The number of rotatable bonds is 1. The second-order valence-corrected chi connectivity index (χ2v) is 2.19. The Balaban J connectivity index is 2.96. The summed E-state index contributed by atoms with van der Waals surface area (Å²) in [7, 11) is 0. The topological polar surface area (TPSA) is 66.7 Å². The monoisotopic (exact) mass is 153 g/mol. The highest BCUT2D eigenvalue weighted by atomic mass is 16.3. The molecular weight excluding hydrogens is 146 g/mol. The van der Waals surface area contributed by atoms with Crippen molar-refractivity contribution in [2.75, 3.05) is 0 Å². The fourth-order valence-electron chi connectivity index (χ4n) is 0.771. The molecule has 0 aromatic heterocycles. The van der Waals surface area contributed by atoms with Gasteiger partial charge in [-0.05, 0) is 0 Å². The maximum Gasteiger partial charge on any atom is 0.191 e. The number of nitrogens with zero attached hydrogens (tertiary/aromatic N) is 1. The van der Waals surface area contributed by atoms with Crippen LogP contribution in [0.5, 0.6) is 0 Å². The first kappa shape index (κ1) is 7.81. The van der Waals surface area contributed by atoms with Crippen molar-refractivity contribution < 1.29 is 14.7 Å². The first-order valence-electron chi connectivity index (χ1n) is 3.10. The first-order valence-corrected chi connectivity index (χ1v) is 3.10. The Kier molecular flexibility index (Phi) is 1.96. The molecule has 0 amide bonds. The van der Waals surface area contributed by atoms with Crippen LogP contribution in [0, 0.1) is 0 Å². The van der Waals surface area contributed by atoms with Crippen molar-refractivity contribution in [1.29, 1.82) is 0 Å². The van der Waals surface area contributed by atoms with E-state index in [9.17, 15) is 9.59 Å². The number of carbonyl (C=O) groups is 2. The van der Waals surface area contributed by atoms with E-state index in [1.807, 2.05) is 0 Å². The van der Waals surface area contributed by atoms with E-state index in [0.717, 1.165) is 6.08 Å². The molecule has 0 saturated carbocycles. The molecule has 0 radical (unpaired) electrons. The van der Waals surface area contributed by atoms with Crippen molar-refractivity contribution in [3.8, 4) is 0 Å². The van der Waals surface area contributed by atoms with Crippen molar-refractivity contribution in [3.63, 3.8) is 0 Å². The molecule has 58 valence electrons. The van der Waals surface area contributed by atoms with Gasteiger partial charge in [-0.2, -0.15) is 0 Å². The minimum absolute atomic E-state index is 0.0856. The van der Waals surface area contributed by atoms with Crippen molar-refractivity contribution in [2.24, 2.45) is 4.99 Å². The van der Waals surface area contributed by atoms with Gasteiger partial charge in [-0.3, -0.25) is 14.6 Å². The van der Waals surface area contributed by atoms with E-state index >= 15 is 0 Å². The lowest BCUT2D eigenvalue weighted by Gasteiger charge is -2.09. The Morgan fingerprint density at radius 1 is 1.73 bits per heavy atom. The zero-order valence-corrected chi connectivity index (χ0v) is 5.94. The number of hydrogen-bond donors (Lipinski definition) is 1. The van der Waals surface area contributed by atoms with Crippen LogP contribution in [0.3, 0.4) is 0 Å². The Bertz CT molecular complexity index is 265. The highest BCUT2D eigenvalue weighted by molar-refractivity contribution is 6.45. The maximum absolute atomic E-state index is 10.7. The van der Waals surface area contributed by atoms with Gasteiger partial charge in [0.15, 0.2) is 17.7 Å². The fraction of sp³-hybridized carbons (Fsp3) is 0.286. The van der Waals surface area contributed by atoms with Gasteiger partial charge in [0.2, 0.25) is 0 Å². The molecular formula is C7H7NO3. The van der Waals surface area contributed by atoms with E-state index in [4.69, 9.17) is 5.11 Å². The second kappa shape index (κ2) is 2.75. The third-order valence-electron chi connectivity index (χ3n) is 1.34. The summed E-state index contributed by atoms with van der Waals surface area (Å²) in [4.78, 5) is 25.0. The Morgan fingerprint density at radius 2 is 2.36 bits per heavy atom. The first-order chi connectivity index (χ1) is 5.13. The molecule has 0 aromatic carbocycles. The van der Waals surface area contributed by atoms with Gasteiger partial charge in [0.1, 0.15) is 5.71 Å². The number of hydrogen-bond acceptors (Lipinski definition) is 4. The van der Waals surface area contributed by atoms with Crippen LogP contribution in [0.1, 0.15) is 6.92 Å². The van der Waals surface area contributed by atoms with Crippen LogP contribution in [0.15, 0.2) is 17.3 Å². The van der Waals surface area contributed by atoms with Crippen LogP contribution in [0.4, 0.5) is 0 Å². The third-order valence-corrected chi connectivity index (χ3v) is 1.34. The summed E-state index contributed by atoms with van der Waals surface area (Å²) in [5.41, 5.74) is -0.0856. The molecule has 1 N–H and O–H groups in total. The molecule has 0 aromatic rings. The summed E-state index contributed by atoms with van der Waals surface area (Å²) in [6.07, 6.45) is 0.987. The van der Waals surface area contributed by atoms with Crippen LogP contribution in [0.25, 0.3) is 0 Å². The smallest absolute Gasteiger partial charge is 0.191 e. The van der Waals surface area contributed by atoms with E-state index in [0.29, 0.717) is 0 Å². The molecule has 0 bridgehead atoms. The average Bonchev–Trinajstić information content (AvgIpc) is 1.94. The molecule has 0 aliphatic carbocycles. The molecule has 11 heavy (non-hydrogen) atoms. The highest BCUT2D eigenvalue weighted by Crippen LogP contribution is 2.01. The average molecular weight is 153 g/mol. The molecule has 4 heteroatoms. The summed E-state index contributed by atoms with van der Waals surface area (Å²) in [5.74, 6) is -0.875. The normalized spacial score (nSPS) is 23.3. The van der Waals surface area contributed by atoms with E-state index in [2.05, 4.69) is 4.99 Å². The summed E-state index contributed by atoms with van der Waals surface area (Å²) < 4.78 is 0. The molecule has 0 saturated heterocycles. The van der Waals surface area contributed by atoms with Crippen molar-refractivity contribution in [3.05, 3.63) is 12.3 Å². The molecule has 4 nitrogen and oxygen atoms in total. The summed E-state index contributed by atoms with van der Waals surface area (Å²) in [5, 5.41) is 9.06. The summed E-state index contributed by atoms with van der Waals surface area (Å²) in [6.45, 7) is 1.26. The number of carbonyl (C=O) groups excluding carboxylic acids is 2. The Hall–Kier alpha value is -1.29. The van der Waals surface area contributed by atoms with Crippen LogP contribution < -0.4 is 0 Å². The summed E-state index contributed by atoms with van der Waals surface area (Å²) >= 11 is 0. The van der Waals surface area contributed by atoms with Gasteiger partial charge < -0.3 is 5.11 Å². The van der Waals surface area contributed by atoms with Crippen LogP contribution in [-0.4, -0.2) is 28.5 Å². The van der Waals surface area contributed by atoms with E-state index in [1.54, 1.807) is 0 Å². The Morgan fingerprint density at radius 3 is 2.82 bits per heavy atom. The van der Waals surface area contributed by atoms with Gasteiger partial charge in [-0.1, -0.05) is 0 Å². The minimum atomic E-state index is -1.36. The molecule has 0 spiro atoms. The Labute approximate surface area is 63.2 Å². The number of aliphatic hydroxyl groups is 1. The molecule has 0 fully saturated rings. The quantitative estimate of drug-likeness (QED) is 0.550. The second-order valence-electron chi connectivity index (χ2n) is 2.19.